The number of aromatic nitrogens is 2. The Morgan fingerprint density at radius 3 is 2.65 bits per heavy atom. The number of anilines is 1. The van der Waals surface area contributed by atoms with Gasteiger partial charge in [-0.2, -0.15) is 0 Å². The van der Waals surface area contributed by atoms with Gasteiger partial charge in [-0.1, -0.05) is 24.3 Å². The fourth-order valence-corrected chi connectivity index (χ4v) is 1.95. The summed E-state index contributed by atoms with van der Waals surface area (Å²) in [5.41, 5.74) is 9.60. The summed E-state index contributed by atoms with van der Waals surface area (Å²) in [6.07, 6.45) is 5.26. The molecule has 0 spiro atoms. The first-order valence-electron chi connectivity index (χ1n) is 5.40. The van der Waals surface area contributed by atoms with Crippen LogP contribution in [0.1, 0.15) is 0 Å². The highest BCUT2D eigenvalue weighted by Crippen LogP contribution is 2.29. The number of pyridine rings is 2. The molecule has 2 heterocycles. The molecule has 17 heavy (non-hydrogen) atoms. The molecule has 3 aromatic rings. The number of fused-ring (bicyclic) bond motifs is 1. The number of para-hydroxylation sites is 1. The van der Waals surface area contributed by atoms with E-state index in [1.807, 2.05) is 30.3 Å². The number of nitrogen functional groups attached to an aromatic ring is 1. The van der Waals surface area contributed by atoms with Crippen LogP contribution in [0.2, 0.25) is 0 Å². The predicted molar refractivity (Wildman–Crippen MR) is 69.4 cm³/mol. The van der Waals surface area contributed by atoms with Crippen molar-refractivity contribution in [1.82, 2.24) is 9.97 Å². The smallest absolute Gasteiger partial charge is 0.0781 e. The van der Waals surface area contributed by atoms with Gasteiger partial charge in [0.15, 0.2) is 0 Å². The number of nitrogens with zero attached hydrogens (tertiary/aromatic N) is 2. The molecule has 3 heteroatoms. The van der Waals surface area contributed by atoms with Crippen molar-refractivity contribution in [2.75, 3.05) is 5.73 Å². The lowest BCUT2D eigenvalue weighted by molar-refractivity contribution is 1.33. The van der Waals surface area contributed by atoms with Gasteiger partial charge in [0.25, 0.3) is 0 Å². The summed E-state index contributed by atoms with van der Waals surface area (Å²) < 4.78 is 0. The van der Waals surface area contributed by atoms with Crippen molar-refractivity contribution in [3.8, 4) is 11.1 Å². The zero-order valence-electron chi connectivity index (χ0n) is 9.17. The molecule has 0 amide bonds. The van der Waals surface area contributed by atoms with E-state index in [1.165, 1.54) is 0 Å². The highest BCUT2D eigenvalue weighted by atomic mass is 14.7. The Balaban J connectivity index is 2.35. The molecule has 0 radical (unpaired) electrons. The van der Waals surface area contributed by atoms with Crippen molar-refractivity contribution in [3.05, 3.63) is 55.0 Å². The van der Waals surface area contributed by atoms with Crippen LogP contribution in [0.15, 0.2) is 55.0 Å². The van der Waals surface area contributed by atoms with E-state index in [2.05, 4.69) is 9.97 Å². The van der Waals surface area contributed by atoms with Crippen LogP contribution in [0.4, 0.5) is 5.69 Å². The Bertz CT molecular complexity index is 672. The molecule has 0 saturated heterocycles. The Kier molecular flexibility index (Phi) is 2.22. The van der Waals surface area contributed by atoms with E-state index in [4.69, 9.17) is 5.73 Å². The SMILES string of the molecule is Nc1ccncc1-c1cccc2cccnc12. The minimum atomic E-state index is 0.721. The van der Waals surface area contributed by atoms with Gasteiger partial charge in [-0.05, 0) is 12.1 Å². The predicted octanol–water partition coefficient (Wildman–Crippen LogP) is 2.88. The average Bonchev–Trinajstić information content (AvgIpc) is 2.39. The zero-order valence-corrected chi connectivity index (χ0v) is 9.17. The highest BCUT2D eigenvalue weighted by Gasteiger charge is 2.07. The molecule has 0 atom stereocenters. The number of hydrogen-bond donors (Lipinski definition) is 1. The van der Waals surface area contributed by atoms with Gasteiger partial charge < -0.3 is 5.73 Å². The van der Waals surface area contributed by atoms with E-state index in [-0.39, 0.29) is 0 Å². The van der Waals surface area contributed by atoms with Crippen LogP contribution in [-0.4, -0.2) is 9.97 Å². The van der Waals surface area contributed by atoms with Gasteiger partial charge >= 0.3 is 0 Å². The Hall–Kier alpha value is -2.42. The van der Waals surface area contributed by atoms with E-state index < -0.39 is 0 Å². The van der Waals surface area contributed by atoms with E-state index in [0.29, 0.717) is 0 Å². The van der Waals surface area contributed by atoms with Crippen molar-refractivity contribution in [1.29, 1.82) is 0 Å². The zero-order chi connectivity index (χ0) is 11.7. The van der Waals surface area contributed by atoms with E-state index >= 15 is 0 Å². The van der Waals surface area contributed by atoms with Gasteiger partial charge in [0.1, 0.15) is 0 Å². The third kappa shape index (κ3) is 1.61. The lowest BCUT2D eigenvalue weighted by atomic mass is 10.0. The summed E-state index contributed by atoms with van der Waals surface area (Å²) >= 11 is 0. The lowest BCUT2D eigenvalue weighted by Gasteiger charge is -2.07. The number of rotatable bonds is 1. The second kappa shape index (κ2) is 3.87. The van der Waals surface area contributed by atoms with Crippen molar-refractivity contribution >= 4 is 16.6 Å². The Morgan fingerprint density at radius 2 is 1.76 bits per heavy atom. The molecule has 0 bridgehead atoms. The molecule has 0 saturated carbocycles. The maximum absolute atomic E-state index is 5.98. The highest BCUT2D eigenvalue weighted by molar-refractivity contribution is 5.96. The molecule has 0 unspecified atom stereocenters. The Morgan fingerprint density at radius 1 is 0.882 bits per heavy atom. The van der Waals surface area contributed by atoms with Crippen LogP contribution in [0.5, 0.6) is 0 Å². The second-order valence-electron chi connectivity index (χ2n) is 3.84. The van der Waals surface area contributed by atoms with Crippen LogP contribution < -0.4 is 5.73 Å². The number of nitrogens with two attached hydrogens (primary N) is 1. The molecule has 1 aromatic carbocycles. The van der Waals surface area contributed by atoms with Crippen LogP contribution in [0, 0.1) is 0 Å². The molecule has 0 aliphatic heterocycles. The summed E-state index contributed by atoms with van der Waals surface area (Å²) in [4.78, 5) is 8.54. The molecule has 82 valence electrons. The van der Waals surface area contributed by atoms with Crippen LogP contribution in [0.3, 0.4) is 0 Å². The van der Waals surface area contributed by atoms with Crippen LogP contribution in [0.25, 0.3) is 22.0 Å². The summed E-state index contributed by atoms with van der Waals surface area (Å²) in [5.74, 6) is 0. The number of benzene rings is 1. The number of hydrogen-bond acceptors (Lipinski definition) is 3. The maximum Gasteiger partial charge on any atom is 0.0781 e. The second-order valence-corrected chi connectivity index (χ2v) is 3.84. The summed E-state index contributed by atoms with van der Waals surface area (Å²) in [7, 11) is 0. The largest absolute Gasteiger partial charge is 0.398 e. The Labute approximate surface area is 98.9 Å². The molecule has 0 fully saturated rings. The van der Waals surface area contributed by atoms with Gasteiger partial charge in [-0.25, -0.2) is 0 Å². The molecule has 0 aliphatic carbocycles. The third-order valence-corrected chi connectivity index (χ3v) is 2.78. The first-order chi connectivity index (χ1) is 8.36. The molecule has 3 rings (SSSR count). The standard InChI is InChI=1S/C14H11N3/c15-13-6-8-16-9-12(13)11-5-1-3-10-4-2-7-17-14(10)11/h1-9H,(H2,15,16). The first-order valence-corrected chi connectivity index (χ1v) is 5.40. The van der Waals surface area contributed by atoms with Crippen molar-refractivity contribution in [2.45, 2.75) is 0 Å². The molecule has 2 aromatic heterocycles. The molecule has 0 aliphatic rings. The third-order valence-electron chi connectivity index (χ3n) is 2.78. The van der Waals surface area contributed by atoms with Gasteiger partial charge in [0.05, 0.1) is 5.52 Å². The lowest BCUT2D eigenvalue weighted by Crippen LogP contribution is -1.92. The van der Waals surface area contributed by atoms with Crippen molar-refractivity contribution in [3.63, 3.8) is 0 Å². The van der Waals surface area contributed by atoms with Gasteiger partial charge in [0.2, 0.25) is 0 Å². The molecule has 3 nitrogen and oxygen atoms in total. The van der Waals surface area contributed by atoms with Gasteiger partial charge in [-0.15, -0.1) is 0 Å². The fraction of sp³-hybridized carbons (Fsp3) is 0. The summed E-state index contributed by atoms with van der Waals surface area (Å²) in [5, 5.41) is 1.10. The van der Waals surface area contributed by atoms with Gasteiger partial charge in [-0.3, -0.25) is 9.97 Å². The topological polar surface area (TPSA) is 51.8 Å². The van der Waals surface area contributed by atoms with Crippen LogP contribution >= 0.6 is 0 Å². The van der Waals surface area contributed by atoms with E-state index in [1.54, 1.807) is 24.7 Å². The normalized spacial score (nSPS) is 10.6. The van der Waals surface area contributed by atoms with Gasteiger partial charge in [0, 0.05) is 40.8 Å². The average molecular weight is 221 g/mol. The minimum Gasteiger partial charge on any atom is -0.398 e. The quantitative estimate of drug-likeness (QED) is 0.687. The summed E-state index contributed by atoms with van der Waals surface area (Å²) in [6.45, 7) is 0. The molecular formula is C14H11N3. The monoisotopic (exact) mass is 221 g/mol. The minimum absolute atomic E-state index is 0.721. The summed E-state index contributed by atoms with van der Waals surface area (Å²) in [6, 6.07) is 11.8. The van der Waals surface area contributed by atoms with Crippen molar-refractivity contribution in [2.24, 2.45) is 0 Å². The molecular weight excluding hydrogens is 210 g/mol. The molecule has 2 N–H and O–H groups in total. The van der Waals surface area contributed by atoms with Crippen LogP contribution in [-0.2, 0) is 0 Å². The first kappa shape index (κ1) is 9.78. The van der Waals surface area contributed by atoms with E-state index in [9.17, 15) is 0 Å². The van der Waals surface area contributed by atoms with Crippen molar-refractivity contribution < 1.29 is 0 Å². The fourth-order valence-electron chi connectivity index (χ4n) is 1.95. The van der Waals surface area contributed by atoms with E-state index in [0.717, 1.165) is 27.7 Å². The maximum atomic E-state index is 5.98.